The number of halogens is 1. The molecule has 0 spiro atoms. The van der Waals surface area contributed by atoms with Crippen LogP contribution in [0.15, 0.2) is 17.6 Å². The van der Waals surface area contributed by atoms with Crippen molar-refractivity contribution < 1.29 is 8.42 Å². The van der Waals surface area contributed by atoms with E-state index in [1.54, 1.807) is 0 Å². The van der Waals surface area contributed by atoms with E-state index in [1.807, 2.05) is 13.8 Å². The summed E-state index contributed by atoms with van der Waals surface area (Å²) in [5.74, 6) is 0.320. The minimum Gasteiger partial charge on any atom is -0.335 e. The van der Waals surface area contributed by atoms with E-state index in [0.29, 0.717) is 5.92 Å². The molecule has 0 bridgehead atoms. The van der Waals surface area contributed by atoms with Gasteiger partial charge in [-0.15, -0.1) is 11.6 Å². The van der Waals surface area contributed by atoms with Crippen LogP contribution < -0.4 is 4.72 Å². The summed E-state index contributed by atoms with van der Waals surface area (Å²) < 4.78 is 26.0. The van der Waals surface area contributed by atoms with Crippen molar-refractivity contribution in [2.45, 2.75) is 37.1 Å². The molecule has 1 atom stereocenters. The van der Waals surface area contributed by atoms with Gasteiger partial charge in [0.25, 0.3) is 10.0 Å². The quantitative estimate of drug-likeness (QED) is 0.747. The summed E-state index contributed by atoms with van der Waals surface area (Å²) in [7, 11) is -3.51. The summed E-state index contributed by atoms with van der Waals surface area (Å²) in [6.45, 7) is 4.33. The molecule has 98 valence electrons. The Morgan fingerprint density at radius 3 is 2.59 bits per heavy atom. The Labute approximate surface area is 107 Å². The highest BCUT2D eigenvalue weighted by molar-refractivity contribution is 7.89. The monoisotopic (exact) mass is 279 g/mol. The molecular weight excluding hydrogens is 262 g/mol. The number of imidazole rings is 1. The minimum absolute atomic E-state index is 0.0610. The number of hydrogen-bond acceptors (Lipinski definition) is 3. The second-order valence-corrected chi connectivity index (χ2v) is 6.16. The van der Waals surface area contributed by atoms with Gasteiger partial charge in [-0.25, -0.2) is 18.1 Å². The third-order valence-electron chi connectivity index (χ3n) is 2.79. The summed E-state index contributed by atoms with van der Waals surface area (Å²) in [5, 5.41) is -0.131. The Bertz CT molecular complexity index is 415. The van der Waals surface area contributed by atoms with Crippen LogP contribution in [0.25, 0.3) is 0 Å². The highest BCUT2D eigenvalue weighted by Crippen LogP contribution is 2.18. The van der Waals surface area contributed by atoms with Gasteiger partial charge in [0.1, 0.15) is 0 Å². The van der Waals surface area contributed by atoms with Crippen LogP contribution in [0.1, 0.15) is 26.7 Å². The topological polar surface area (TPSA) is 74.8 Å². The molecule has 1 aromatic heterocycles. The number of hydrogen-bond donors (Lipinski definition) is 2. The number of nitrogens with one attached hydrogen (secondary N) is 2. The maximum Gasteiger partial charge on any atom is 0.257 e. The second kappa shape index (κ2) is 6.37. The molecule has 17 heavy (non-hydrogen) atoms. The zero-order valence-electron chi connectivity index (χ0n) is 9.98. The van der Waals surface area contributed by atoms with Crippen LogP contribution >= 0.6 is 11.6 Å². The van der Waals surface area contributed by atoms with Crippen molar-refractivity contribution in [1.82, 2.24) is 14.7 Å². The number of aromatic nitrogens is 2. The number of nitrogens with zero attached hydrogens (tertiary/aromatic N) is 1. The minimum atomic E-state index is -3.51. The van der Waals surface area contributed by atoms with Crippen molar-refractivity contribution in [3.63, 3.8) is 0 Å². The van der Waals surface area contributed by atoms with Crippen LogP contribution in [0.4, 0.5) is 0 Å². The molecule has 0 radical (unpaired) electrons. The van der Waals surface area contributed by atoms with Gasteiger partial charge in [-0.1, -0.05) is 26.7 Å². The molecule has 0 aliphatic carbocycles. The normalized spacial score (nSPS) is 14.1. The number of H-pyrrole nitrogens is 1. The number of aromatic amines is 1. The van der Waals surface area contributed by atoms with E-state index < -0.39 is 10.0 Å². The lowest BCUT2D eigenvalue weighted by molar-refractivity contribution is 0.460. The van der Waals surface area contributed by atoms with Gasteiger partial charge >= 0.3 is 0 Å². The maximum atomic E-state index is 11.8. The predicted octanol–water partition coefficient (Wildman–Crippen LogP) is 1.73. The largest absolute Gasteiger partial charge is 0.335 e. The Balaban J connectivity index is 2.56. The van der Waals surface area contributed by atoms with Crippen LogP contribution in [0.5, 0.6) is 0 Å². The van der Waals surface area contributed by atoms with Crippen molar-refractivity contribution in [2.75, 3.05) is 6.54 Å². The Morgan fingerprint density at radius 2 is 2.12 bits per heavy atom. The number of sulfonamides is 1. The van der Waals surface area contributed by atoms with Gasteiger partial charge in [-0.2, -0.15) is 0 Å². The van der Waals surface area contributed by atoms with Crippen molar-refractivity contribution >= 4 is 21.6 Å². The van der Waals surface area contributed by atoms with Gasteiger partial charge in [0, 0.05) is 11.9 Å². The lowest BCUT2D eigenvalue weighted by Crippen LogP contribution is -2.33. The fraction of sp³-hybridized carbons (Fsp3) is 0.700. The fourth-order valence-corrected chi connectivity index (χ4v) is 3.11. The lowest BCUT2D eigenvalue weighted by Gasteiger charge is -2.19. The zero-order valence-corrected chi connectivity index (χ0v) is 11.6. The molecule has 0 saturated heterocycles. The molecule has 1 heterocycles. The second-order valence-electron chi connectivity index (χ2n) is 3.86. The Kier molecular flexibility index (Phi) is 5.42. The zero-order chi connectivity index (χ0) is 12.9. The molecule has 0 aromatic carbocycles. The van der Waals surface area contributed by atoms with Crippen LogP contribution in [0, 0.1) is 5.92 Å². The van der Waals surface area contributed by atoms with Gasteiger partial charge in [-0.05, 0) is 5.92 Å². The van der Waals surface area contributed by atoms with Crippen LogP contribution in [0.3, 0.4) is 0 Å². The van der Waals surface area contributed by atoms with E-state index in [9.17, 15) is 8.42 Å². The molecule has 1 aromatic rings. The highest BCUT2D eigenvalue weighted by Gasteiger charge is 2.20. The maximum absolute atomic E-state index is 11.8. The number of rotatable bonds is 7. The molecule has 2 N–H and O–H groups in total. The van der Waals surface area contributed by atoms with E-state index in [4.69, 9.17) is 11.6 Å². The van der Waals surface area contributed by atoms with Gasteiger partial charge < -0.3 is 4.98 Å². The van der Waals surface area contributed by atoms with E-state index >= 15 is 0 Å². The summed E-state index contributed by atoms with van der Waals surface area (Å²) >= 11 is 6.16. The smallest absolute Gasteiger partial charge is 0.257 e. The average Bonchev–Trinajstić information content (AvgIpc) is 2.82. The van der Waals surface area contributed by atoms with Crippen LogP contribution in [-0.2, 0) is 10.0 Å². The summed E-state index contributed by atoms with van der Waals surface area (Å²) in [5.41, 5.74) is 0. The van der Waals surface area contributed by atoms with E-state index in [1.165, 1.54) is 12.5 Å². The molecule has 0 amide bonds. The van der Waals surface area contributed by atoms with E-state index in [-0.39, 0.29) is 16.9 Å². The van der Waals surface area contributed by atoms with Crippen molar-refractivity contribution in [1.29, 1.82) is 0 Å². The van der Waals surface area contributed by atoms with Gasteiger partial charge in [0.05, 0.1) is 12.5 Å². The molecular formula is C10H18ClN3O2S. The molecule has 0 saturated carbocycles. The standard InChI is InChI=1S/C10H18ClN3O2S/c1-3-8(4-2)9(11)5-14-17(15,16)10-6-12-7-13-10/h6-9,14H,3-5H2,1-2H3,(H,12,13). The third kappa shape index (κ3) is 3.97. The molecule has 5 nitrogen and oxygen atoms in total. The summed E-state index contributed by atoms with van der Waals surface area (Å²) in [6, 6.07) is 0. The van der Waals surface area contributed by atoms with Gasteiger partial charge in [0.2, 0.25) is 0 Å². The summed E-state index contributed by atoms with van der Waals surface area (Å²) in [6.07, 6.45) is 4.48. The average molecular weight is 280 g/mol. The SMILES string of the molecule is CCC(CC)C(Cl)CNS(=O)(=O)c1cnc[nH]1. The Morgan fingerprint density at radius 1 is 1.47 bits per heavy atom. The van der Waals surface area contributed by atoms with Crippen molar-refractivity contribution in [3.05, 3.63) is 12.5 Å². The van der Waals surface area contributed by atoms with Crippen LogP contribution in [0.2, 0.25) is 0 Å². The first-order chi connectivity index (χ1) is 8.01. The molecule has 0 fully saturated rings. The first kappa shape index (κ1) is 14.5. The lowest BCUT2D eigenvalue weighted by atomic mass is 9.99. The predicted molar refractivity (Wildman–Crippen MR) is 67.5 cm³/mol. The summed E-state index contributed by atoms with van der Waals surface area (Å²) in [4.78, 5) is 6.23. The Hall–Kier alpha value is -0.590. The van der Waals surface area contributed by atoms with Crippen molar-refractivity contribution in [3.8, 4) is 0 Å². The number of alkyl halides is 1. The highest BCUT2D eigenvalue weighted by atomic mass is 35.5. The first-order valence-electron chi connectivity index (χ1n) is 5.63. The third-order valence-corrected chi connectivity index (χ3v) is 4.65. The van der Waals surface area contributed by atoms with Crippen molar-refractivity contribution in [2.24, 2.45) is 5.92 Å². The molecule has 0 aliphatic heterocycles. The fourth-order valence-electron chi connectivity index (χ4n) is 1.62. The van der Waals surface area contributed by atoms with Gasteiger partial charge in [0.15, 0.2) is 5.03 Å². The van der Waals surface area contributed by atoms with E-state index in [0.717, 1.165) is 12.8 Å². The first-order valence-corrected chi connectivity index (χ1v) is 7.55. The van der Waals surface area contributed by atoms with Crippen LogP contribution in [-0.4, -0.2) is 30.3 Å². The molecule has 7 heteroatoms. The molecule has 0 aliphatic rings. The van der Waals surface area contributed by atoms with E-state index in [2.05, 4.69) is 14.7 Å². The van der Waals surface area contributed by atoms with Gasteiger partial charge in [-0.3, -0.25) is 0 Å². The molecule has 1 unspecified atom stereocenters. The molecule has 1 rings (SSSR count).